The molecule has 0 saturated heterocycles. The smallest absolute Gasteiger partial charge is 0.252 e. The Kier molecular flexibility index (Phi) is 6.29. The minimum absolute atomic E-state index is 0.0281. The maximum atomic E-state index is 12.0. The van der Waals surface area contributed by atoms with Crippen molar-refractivity contribution in [3.8, 4) is 0 Å². The van der Waals surface area contributed by atoms with Gasteiger partial charge in [0.25, 0.3) is 5.91 Å². The molecule has 0 aromatic heterocycles. The molecule has 0 heterocycles. The Hall–Kier alpha value is -0.270. The van der Waals surface area contributed by atoms with E-state index in [-0.39, 0.29) is 23.8 Å². The summed E-state index contributed by atoms with van der Waals surface area (Å²) in [5.41, 5.74) is 0.678. The van der Waals surface area contributed by atoms with Crippen molar-refractivity contribution in [1.82, 2.24) is 5.32 Å². The average molecular weight is 365 g/mol. The fourth-order valence-electron chi connectivity index (χ4n) is 1.46. The van der Waals surface area contributed by atoms with Crippen molar-refractivity contribution in [1.29, 1.82) is 0 Å². The number of aliphatic hydroxyl groups excluding tert-OH is 1. The second-order valence-corrected chi connectivity index (χ2v) is 5.94. The predicted octanol–water partition coefficient (Wildman–Crippen LogP) is 2.13. The van der Waals surface area contributed by atoms with Crippen LogP contribution in [0.1, 0.15) is 17.3 Å². The molecule has 0 bridgehead atoms. The molecular weight excluding hydrogens is 349 g/mol. The number of carbonyl (C=O) groups excluding carboxylic acids is 1. The largest absolute Gasteiger partial charge is 0.395 e. The lowest BCUT2D eigenvalue weighted by atomic mass is 10.2. The van der Waals surface area contributed by atoms with Crippen molar-refractivity contribution < 1.29 is 9.90 Å². The van der Waals surface area contributed by atoms with Crippen LogP contribution in [-0.4, -0.2) is 35.2 Å². The SMILES string of the molecule is CSC(CO)C(C)NC(=O)c1ccccc1I. The zero-order valence-corrected chi connectivity index (χ0v) is 12.8. The molecule has 2 unspecified atom stereocenters. The standard InChI is InChI=1S/C12H16INO2S/c1-8(11(7-15)17-2)14-12(16)9-5-3-4-6-10(9)13/h3-6,8,11,15H,7H2,1-2H3,(H,14,16). The van der Waals surface area contributed by atoms with Gasteiger partial charge in [0.05, 0.1) is 12.2 Å². The molecule has 0 saturated carbocycles. The maximum Gasteiger partial charge on any atom is 0.252 e. The third-order valence-electron chi connectivity index (χ3n) is 2.52. The molecular formula is C12H16INO2S. The summed E-state index contributed by atoms with van der Waals surface area (Å²) in [4.78, 5) is 12.0. The van der Waals surface area contributed by atoms with Crippen molar-refractivity contribution in [3.05, 3.63) is 33.4 Å². The van der Waals surface area contributed by atoms with Gasteiger partial charge in [0.15, 0.2) is 0 Å². The fraction of sp³-hybridized carbons (Fsp3) is 0.417. The Morgan fingerprint density at radius 1 is 1.53 bits per heavy atom. The van der Waals surface area contributed by atoms with Crippen LogP contribution in [0.2, 0.25) is 0 Å². The van der Waals surface area contributed by atoms with Gasteiger partial charge in [0.2, 0.25) is 0 Å². The monoisotopic (exact) mass is 365 g/mol. The lowest BCUT2D eigenvalue weighted by Gasteiger charge is -2.21. The average Bonchev–Trinajstić information content (AvgIpc) is 2.31. The van der Waals surface area contributed by atoms with Crippen molar-refractivity contribution in [3.63, 3.8) is 0 Å². The number of amides is 1. The first kappa shape index (κ1) is 14.8. The van der Waals surface area contributed by atoms with Gasteiger partial charge in [-0.3, -0.25) is 4.79 Å². The summed E-state index contributed by atoms with van der Waals surface area (Å²) in [6.45, 7) is 1.97. The van der Waals surface area contributed by atoms with E-state index in [0.717, 1.165) is 3.57 Å². The van der Waals surface area contributed by atoms with E-state index >= 15 is 0 Å². The molecule has 0 fully saturated rings. The third-order valence-corrected chi connectivity index (χ3v) is 4.62. The molecule has 1 amide bonds. The van der Waals surface area contributed by atoms with E-state index < -0.39 is 0 Å². The van der Waals surface area contributed by atoms with Gasteiger partial charge in [-0.05, 0) is 47.9 Å². The van der Waals surface area contributed by atoms with E-state index in [2.05, 4.69) is 27.9 Å². The molecule has 2 N–H and O–H groups in total. The quantitative estimate of drug-likeness (QED) is 0.787. The normalized spacial score (nSPS) is 14.1. The first-order valence-electron chi connectivity index (χ1n) is 5.29. The van der Waals surface area contributed by atoms with Gasteiger partial charge in [-0.2, -0.15) is 11.8 Å². The summed E-state index contributed by atoms with van der Waals surface area (Å²) in [6, 6.07) is 7.40. The predicted molar refractivity (Wildman–Crippen MR) is 80.5 cm³/mol. The van der Waals surface area contributed by atoms with Crippen LogP contribution in [0.3, 0.4) is 0 Å². The molecule has 1 rings (SSSR count). The molecule has 1 aromatic carbocycles. The highest BCUT2D eigenvalue weighted by molar-refractivity contribution is 14.1. The maximum absolute atomic E-state index is 12.0. The summed E-state index contributed by atoms with van der Waals surface area (Å²) in [7, 11) is 0. The Morgan fingerprint density at radius 2 is 2.18 bits per heavy atom. The van der Waals surface area contributed by atoms with Crippen LogP contribution in [0.25, 0.3) is 0 Å². The molecule has 2 atom stereocenters. The molecule has 94 valence electrons. The van der Waals surface area contributed by atoms with E-state index in [4.69, 9.17) is 5.11 Å². The van der Waals surface area contributed by atoms with Gasteiger partial charge in [-0.25, -0.2) is 0 Å². The van der Waals surface area contributed by atoms with Gasteiger partial charge < -0.3 is 10.4 Å². The minimum atomic E-state index is -0.0880. The molecule has 0 aliphatic heterocycles. The number of halogens is 1. The van der Waals surface area contributed by atoms with Gasteiger partial charge in [0, 0.05) is 14.9 Å². The van der Waals surface area contributed by atoms with Crippen LogP contribution in [0.4, 0.5) is 0 Å². The van der Waals surface area contributed by atoms with E-state index in [1.807, 2.05) is 31.4 Å². The van der Waals surface area contributed by atoms with Crippen molar-refractivity contribution in [2.24, 2.45) is 0 Å². The Morgan fingerprint density at radius 3 is 2.71 bits per heavy atom. The summed E-state index contributed by atoms with van der Waals surface area (Å²) in [5.74, 6) is -0.0880. The van der Waals surface area contributed by atoms with Gasteiger partial charge in [-0.15, -0.1) is 0 Å². The Balaban J connectivity index is 2.70. The summed E-state index contributed by atoms with van der Waals surface area (Å²) in [6.07, 6.45) is 1.93. The highest BCUT2D eigenvalue weighted by atomic mass is 127. The summed E-state index contributed by atoms with van der Waals surface area (Å²) in [5, 5.41) is 12.1. The van der Waals surface area contributed by atoms with Crippen LogP contribution >= 0.6 is 34.4 Å². The van der Waals surface area contributed by atoms with E-state index in [9.17, 15) is 4.79 Å². The first-order chi connectivity index (χ1) is 8.10. The minimum Gasteiger partial charge on any atom is -0.395 e. The molecule has 1 aromatic rings. The highest BCUT2D eigenvalue weighted by Gasteiger charge is 2.18. The number of nitrogens with one attached hydrogen (secondary N) is 1. The molecule has 0 aliphatic carbocycles. The number of rotatable bonds is 5. The van der Waals surface area contributed by atoms with Crippen LogP contribution in [-0.2, 0) is 0 Å². The van der Waals surface area contributed by atoms with Crippen LogP contribution in [0, 0.1) is 3.57 Å². The lowest BCUT2D eigenvalue weighted by Crippen LogP contribution is -2.41. The van der Waals surface area contributed by atoms with E-state index in [1.54, 1.807) is 17.8 Å². The highest BCUT2D eigenvalue weighted by Crippen LogP contribution is 2.14. The van der Waals surface area contributed by atoms with E-state index in [0.29, 0.717) is 5.56 Å². The van der Waals surface area contributed by atoms with Crippen molar-refractivity contribution in [2.75, 3.05) is 12.9 Å². The fourth-order valence-corrected chi connectivity index (χ4v) is 2.72. The Labute approximate surface area is 120 Å². The van der Waals surface area contributed by atoms with Crippen molar-refractivity contribution in [2.45, 2.75) is 18.2 Å². The zero-order valence-electron chi connectivity index (χ0n) is 9.81. The summed E-state index contributed by atoms with van der Waals surface area (Å²) >= 11 is 3.70. The molecule has 0 aliphatic rings. The Bertz CT molecular complexity index is 383. The van der Waals surface area contributed by atoms with Crippen LogP contribution in [0.5, 0.6) is 0 Å². The second-order valence-electron chi connectivity index (χ2n) is 3.70. The lowest BCUT2D eigenvalue weighted by molar-refractivity contribution is 0.0935. The second kappa shape index (κ2) is 7.23. The third kappa shape index (κ3) is 4.15. The number of carbonyl (C=O) groups is 1. The topological polar surface area (TPSA) is 49.3 Å². The zero-order chi connectivity index (χ0) is 12.8. The van der Waals surface area contributed by atoms with Crippen LogP contribution < -0.4 is 5.32 Å². The molecule has 5 heteroatoms. The molecule has 17 heavy (non-hydrogen) atoms. The molecule has 0 radical (unpaired) electrons. The van der Waals surface area contributed by atoms with Gasteiger partial charge in [0.1, 0.15) is 0 Å². The van der Waals surface area contributed by atoms with Crippen molar-refractivity contribution >= 4 is 40.3 Å². The summed E-state index contributed by atoms with van der Waals surface area (Å²) < 4.78 is 0.930. The van der Waals surface area contributed by atoms with Gasteiger partial charge in [-0.1, -0.05) is 12.1 Å². The van der Waals surface area contributed by atoms with Gasteiger partial charge >= 0.3 is 0 Å². The number of benzene rings is 1. The molecule has 0 spiro atoms. The number of thioether (sulfide) groups is 1. The number of aliphatic hydroxyl groups is 1. The van der Waals surface area contributed by atoms with E-state index in [1.165, 1.54) is 0 Å². The number of hydrogen-bond acceptors (Lipinski definition) is 3. The first-order valence-corrected chi connectivity index (χ1v) is 7.65. The number of hydrogen-bond donors (Lipinski definition) is 2. The molecule has 3 nitrogen and oxygen atoms in total. The van der Waals surface area contributed by atoms with Crippen LogP contribution in [0.15, 0.2) is 24.3 Å².